The fourth-order valence-electron chi connectivity index (χ4n) is 1.67. The van der Waals surface area contributed by atoms with Crippen molar-refractivity contribution in [3.8, 4) is 0 Å². The first-order valence-corrected chi connectivity index (χ1v) is 8.26. The number of hydrogen-bond acceptors (Lipinski definition) is 0. The Morgan fingerprint density at radius 1 is 0.632 bits per heavy atom. The van der Waals surface area contributed by atoms with Crippen LogP contribution in [0.5, 0.6) is 0 Å². The normalized spacial score (nSPS) is 10.7. The Labute approximate surface area is 133 Å². The van der Waals surface area contributed by atoms with E-state index in [1.54, 1.807) is 0 Å². The van der Waals surface area contributed by atoms with Crippen molar-refractivity contribution < 1.29 is 0 Å². The van der Waals surface area contributed by atoms with Crippen molar-refractivity contribution in [1.29, 1.82) is 0 Å². The molecule has 1 aromatic carbocycles. The first kappa shape index (κ1) is 19.1. The number of rotatable bonds is 7. The van der Waals surface area contributed by atoms with Gasteiger partial charge in [-0.3, -0.25) is 0 Å². The van der Waals surface area contributed by atoms with Crippen LogP contribution in [0.25, 0.3) is 0 Å². The Morgan fingerprint density at radius 3 is 1.37 bits per heavy atom. The third kappa shape index (κ3) is 18.1. The lowest BCUT2D eigenvalue weighted by Gasteiger charge is -2.09. The van der Waals surface area contributed by atoms with Gasteiger partial charge in [-0.15, -0.1) is 0 Å². The largest absolute Gasteiger partial charge is 0.190 e. The Kier molecular flexibility index (Phi) is 13.2. The summed E-state index contributed by atoms with van der Waals surface area (Å²) in [5.41, 5.74) is 0. The van der Waals surface area contributed by atoms with Crippen LogP contribution in [0.2, 0.25) is 0 Å². The average Bonchev–Trinajstić information content (AvgIpc) is 2.39. The molecule has 0 aliphatic carbocycles. The molecule has 1 aromatic rings. The Balaban J connectivity index is 0.000000443. The highest BCUT2D eigenvalue weighted by Gasteiger charge is 2.17. The van der Waals surface area contributed by atoms with Crippen LogP contribution >= 0.6 is 34.8 Å². The van der Waals surface area contributed by atoms with Gasteiger partial charge in [0.15, 0.2) is 3.79 Å². The molecule has 0 N–H and O–H groups in total. The van der Waals surface area contributed by atoms with Crippen molar-refractivity contribution in [1.82, 2.24) is 0 Å². The number of halogens is 3. The monoisotopic (exact) mass is 322 g/mol. The molecule has 0 amide bonds. The van der Waals surface area contributed by atoms with E-state index < -0.39 is 3.79 Å². The molecular formula is C16H25Cl3. The first-order chi connectivity index (χ1) is 9.06. The minimum absolute atomic E-state index is 0.686. The van der Waals surface area contributed by atoms with Crippen LogP contribution < -0.4 is 0 Å². The zero-order chi connectivity index (χ0) is 14.4. The molecule has 0 heterocycles. The predicted octanol–water partition coefficient (Wildman–Crippen LogP) is 7.18. The minimum Gasteiger partial charge on any atom is -0.0837 e. The molecule has 0 aromatic heterocycles. The van der Waals surface area contributed by atoms with Gasteiger partial charge in [0.2, 0.25) is 0 Å². The molecular weight excluding hydrogens is 299 g/mol. The highest BCUT2D eigenvalue weighted by molar-refractivity contribution is 6.67. The zero-order valence-corrected chi connectivity index (χ0v) is 14.0. The van der Waals surface area contributed by atoms with Gasteiger partial charge in [-0.25, -0.2) is 0 Å². The van der Waals surface area contributed by atoms with Gasteiger partial charge in [0.05, 0.1) is 0 Å². The summed E-state index contributed by atoms with van der Waals surface area (Å²) in [6.45, 7) is 2.23. The molecule has 0 radical (unpaired) electrons. The lowest BCUT2D eigenvalue weighted by Crippen LogP contribution is -2.00. The molecule has 0 nitrogen and oxygen atoms in total. The fourth-order valence-corrected chi connectivity index (χ4v) is 2.07. The van der Waals surface area contributed by atoms with Crippen LogP contribution in [-0.4, -0.2) is 3.79 Å². The van der Waals surface area contributed by atoms with E-state index in [9.17, 15) is 0 Å². The Hall–Kier alpha value is 0.0900. The first-order valence-electron chi connectivity index (χ1n) is 7.13. The van der Waals surface area contributed by atoms with Crippen molar-refractivity contribution >= 4 is 34.8 Å². The van der Waals surface area contributed by atoms with Crippen LogP contribution in [0, 0.1) is 0 Å². The number of benzene rings is 1. The average molecular weight is 324 g/mol. The maximum absolute atomic E-state index is 5.63. The highest BCUT2D eigenvalue weighted by atomic mass is 35.6. The maximum atomic E-state index is 5.63. The second-order valence-electron chi connectivity index (χ2n) is 4.64. The molecule has 0 saturated carbocycles. The third-order valence-corrected chi connectivity index (χ3v) is 3.30. The highest BCUT2D eigenvalue weighted by Crippen LogP contribution is 2.32. The molecule has 0 unspecified atom stereocenters. The van der Waals surface area contributed by atoms with Gasteiger partial charge >= 0.3 is 0 Å². The van der Waals surface area contributed by atoms with Gasteiger partial charge in [0, 0.05) is 0 Å². The summed E-state index contributed by atoms with van der Waals surface area (Å²) in [4.78, 5) is 0. The maximum Gasteiger partial charge on any atom is 0.190 e. The van der Waals surface area contributed by atoms with E-state index in [0.717, 1.165) is 6.42 Å². The molecule has 0 bridgehead atoms. The molecule has 19 heavy (non-hydrogen) atoms. The standard InChI is InChI=1S/C10H19Cl3.C6H6/c1-2-3-4-5-6-7-8-9-10(11,12)13;1-2-4-6-5-3-1/h2-9H2,1H3;1-6H. The van der Waals surface area contributed by atoms with E-state index >= 15 is 0 Å². The molecule has 0 fully saturated rings. The zero-order valence-electron chi connectivity index (χ0n) is 11.8. The molecule has 3 heteroatoms. The number of alkyl halides is 3. The van der Waals surface area contributed by atoms with Gasteiger partial charge in [0.1, 0.15) is 0 Å². The van der Waals surface area contributed by atoms with Crippen molar-refractivity contribution in [2.45, 2.75) is 62.1 Å². The Bertz CT molecular complexity index is 240. The summed E-state index contributed by atoms with van der Waals surface area (Å²) < 4.78 is -1.04. The fraction of sp³-hybridized carbons (Fsp3) is 0.625. The number of unbranched alkanes of at least 4 members (excludes halogenated alkanes) is 6. The summed E-state index contributed by atoms with van der Waals surface area (Å²) >= 11 is 16.9. The van der Waals surface area contributed by atoms with Crippen molar-refractivity contribution in [3.05, 3.63) is 36.4 Å². The lowest BCUT2D eigenvalue weighted by molar-refractivity contribution is 0.578. The topological polar surface area (TPSA) is 0 Å². The summed E-state index contributed by atoms with van der Waals surface area (Å²) in [6, 6.07) is 12.0. The van der Waals surface area contributed by atoms with Crippen molar-refractivity contribution in [2.75, 3.05) is 0 Å². The van der Waals surface area contributed by atoms with Gasteiger partial charge in [-0.2, -0.15) is 0 Å². The van der Waals surface area contributed by atoms with E-state index in [2.05, 4.69) is 6.92 Å². The summed E-state index contributed by atoms with van der Waals surface area (Å²) in [5, 5.41) is 0. The van der Waals surface area contributed by atoms with E-state index in [1.165, 1.54) is 38.5 Å². The molecule has 0 saturated heterocycles. The second kappa shape index (κ2) is 13.1. The summed E-state index contributed by atoms with van der Waals surface area (Å²) in [6.07, 6.45) is 9.52. The Morgan fingerprint density at radius 2 is 1.00 bits per heavy atom. The SMILES string of the molecule is CCCCCCCCCC(Cl)(Cl)Cl.c1ccccc1. The van der Waals surface area contributed by atoms with Crippen LogP contribution in [0.1, 0.15) is 58.3 Å². The molecule has 1 rings (SSSR count). The molecule has 0 atom stereocenters. The molecule has 0 aliphatic rings. The molecule has 0 spiro atoms. The van der Waals surface area contributed by atoms with Crippen LogP contribution in [-0.2, 0) is 0 Å². The smallest absolute Gasteiger partial charge is 0.0837 e. The summed E-state index contributed by atoms with van der Waals surface area (Å²) in [7, 11) is 0. The lowest BCUT2D eigenvalue weighted by atomic mass is 10.1. The predicted molar refractivity (Wildman–Crippen MR) is 89.3 cm³/mol. The second-order valence-corrected chi connectivity index (χ2v) is 7.16. The van der Waals surface area contributed by atoms with E-state index in [-0.39, 0.29) is 0 Å². The van der Waals surface area contributed by atoms with E-state index in [4.69, 9.17) is 34.8 Å². The van der Waals surface area contributed by atoms with Crippen molar-refractivity contribution in [3.63, 3.8) is 0 Å². The quantitative estimate of drug-likeness (QED) is 0.368. The van der Waals surface area contributed by atoms with Crippen LogP contribution in [0.15, 0.2) is 36.4 Å². The van der Waals surface area contributed by atoms with E-state index in [0.29, 0.717) is 6.42 Å². The third-order valence-electron chi connectivity index (χ3n) is 2.73. The molecule has 0 aliphatic heterocycles. The number of hydrogen-bond donors (Lipinski definition) is 0. The van der Waals surface area contributed by atoms with Crippen molar-refractivity contribution in [2.24, 2.45) is 0 Å². The molecule has 110 valence electrons. The van der Waals surface area contributed by atoms with Crippen LogP contribution in [0.4, 0.5) is 0 Å². The summed E-state index contributed by atoms with van der Waals surface area (Å²) in [5.74, 6) is 0. The van der Waals surface area contributed by atoms with Gasteiger partial charge in [0.25, 0.3) is 0 Å². The van der Waals surface area contributed by atoms with Gasteiger partial charge in [-0.1, -0.05) is 117 Å². The van der Waals surface area contributed by atoms with Gasteiger partial charge in [-0.05, 0) is 12.8 Å². The van der Waals surface area contributed by atoms with E-state index in [1.807, 2.05) is 36.4 Å². The van der Waals surface area contributed by atoms with Gasteiger partial charge < -0.3 is 0 Å². The van der Waals surface area contributed by atoms with Crippen LogP contribution in [0.3, 0.4) is 0 Å². The minimum atomic E-state index is -1.04.